The lowest BCUT2D eigenvalue weighted by molar-refractivity contribution is -0.0511. The predicted molar refractivity (Wildman–Crippen MR) is 143 cm³/mol. The Morgan fingerprint density at radius 2 is 1.90 bits per heavy atom. The van der Waals surface area contributed by atoms with E-state index >= 15 is 0 Å². The van der Waals surface area contributed by atoms with Crippen molar-refractivity contribution in [2.24, 2.45) is 0 Å². The van der Waals surface area contributed by atoms with Gasteiger partial charge in [0.05, 0.1) is 42.9 Å². The fraction of sp³-hybridized carbons (Fsp3) is 0.385. The molecular weight excluding hydrogens is 552 g/mol. The standard InChI is InChI=1S/C26H28N8O8/c35-10-17-19(36)20(37)24(42-17)33-12-28-18-21(30-16-5-6-41-11-16)31-26(32-22(18)33)34-9-15(8-29-34)23(38)27-7-13-1-3-14(4-2-13)25(39)40/h1-4,8-9,12,16-17,19-20,24,35-37H,5-7,10-11H2,(H,27,38)(H,39,40)(H,30,31,32)/t16?,17-,19-,20-,24-/m1/s1. The second kappa shape index (κ2) is 11.4. The van der Waals surface area contributed by atoms with Crippen LogP contribution in [0.25, 0.3) is 17.1 Å². The van der Waals surface area contributed by atoms with Crippen LogP contribution in [-0.2, 0) is 16.0 Å². The molecule has 1 aromatic carbocycles. The number of nitrogens with zero attached hydrogens (tertiary/aromatic N) is 6. The van der Waals surface area contributed by atoms with E-state index in [-0.39, 0.29) is 35.3 Å². The molecule has 6 rings (SSSR count). The Bertz CT molecular complexity index is 1600. The monoisotopic (exact) mass is 580 g/mol. The van der Waals surface area contributed by atoms with E-state index < -0.39 is 43.0 Å². The Kier molecular flexibility index (Phi) is 7.53. The highest BCUT2D eigenvalue weighted by Gasteiger charge is 2.44. The van der Waals surface area contributed by atoms with Crippen molar-refractivity contribution in [1.29, 1.82) is 0 Å². The van der Waals surface area contributed by atoms with Crippen LogP contribution in [0.4, 0.5) is 5.82 Å². The van der Waals surface area contributed by atoms with Gasteiger partial charge in [-0.05, 0) is 24.1 Å². The van der Waals surface area contributed by atoms with Crippen LogP contribution in [0.2, 0.25) is 0 Å². The second-order valence-electron chi connectivity index (χ2n) is 9.99. The van der Waals surface area contributed by atoms with Gasteiger partial charge in [0.1, 0.15) is 18.3 Å². The van der Waals surface area contributed by atoms with E-state index in [1.165, 1.54) is 40.1 Å². The summed E-state index contributed by atoms with van der Waals surface area (Å²) in [5.41, 5.74) is 1.75. The summed E-state index contributed by atoms with van der Waals surface area (Å²) in [6.07, 6.45) is 0.256. The summed E-state index contributed by atoms with van der Waals surface area (Å²) in [5.74, 6) is -0.971. The summed E-state index contributed by atoms with van der Waals surface area (Å²) >= 11 is 0. The van der Waals surface area contributed by atoms with Crippen molar-refractivity contribution >= 4 is 28.9 Å². The maximum absolute atomic E-state index is 12.8. The second-order valence-corrected chi connectivity index (χ2v) is 9.99. The van der Waals surface area contributed by atoms with Crippen molar-refractivity contribution in [3.8, 4) is 5.95 Å². The molecule has 2 aliphatic rings. The molecular formula is C26H28N8O8. The number of ether oxygens (including phenoxy) is 2. The number of hydrogen-bond acceptors (Lipinski definition) is 12. The van der Waals surface area contributed by atoms with E-state index in [1.807, 2.05) is 0 Å². The fourth-order valence-electron chi connectivity index (χ4n) is 4.84. The van der Waals surface area contributed by atoms with Crippen molar-refractivity contribution in [2.45, 2.75) is 43.5 Å². The number of aromatic nitrogens is 6. The molecule has 6 N–H and O–H groups in total. The fourth-order valence-corrected chi connectivity index (χ4v) is 4.84. The number of anilines is 1. The SMILES string of the molecule is O=C(O)c1ccc(CNC(=O)c2cnn(-c3nc(NC4CCOC4)c4ncn([C@@H]5O[C@H](CO)[C@@H](O)[C@H]5O)c4n3)c2)cc1. The zero-order valence-corrected chi connectivity index (χ0v) is 22.1. The van der Waals surface area contributed by atoms with E-state index in [9.17, 15) is 24.9 Å². The average Bonchev–Trinajstić information content (AvgIpc) is 3.80. The minimum atomic E-state index is -1.35. The van der Waals surface area contributed by atoms with Crippen molar-refractivity contribution in [1.82, 2.24) is 34.6 Å². The third-order valence-electron chi connectivity index (χ3n) is 7.18. The van der Waals surface area contributed by atoms with Gasteiger partial charge in [-0.2, -0.15) is 15.1 Å². The lowest BCUT2D eigenvalue weighted by atomic mass is 10.1. The first kappa shape index (κ1) is 27.7. The quantitative estimate of drug-likeness (QED) is 0.147. The number of aliphatic hydroxyl groups excluding tert-OH is 3. The first-order valence-corrected chi connectivity index (χ1v) is 13.2. The van der Waals surface area contributed by atoms with Gasteiger partial charge in [-0.15, -0.1) is 0 Å². The smallest absolute Gasteiger partial charge is 0.335 e. The third kappa shape index (κ3) is 5.28. The van der Waals surface area contributed by atoms with Crippen LogP contribution in [-0.4, -0.2) is 106 Å². The van der Waals surface area contributed by atoms with Crippen LogP contribution in [0.5, 0.6) is 0 Å². The Hall–Kier alpha value is -4.48. The zero-order valence-electron chi connectivity index (χ0n) is 22.1. The molecule has 5 atom stereocenters. The highest BCUT2D eigenvalue weighted by atomic mass is 16.6. The molecule has 1 unspecified atom stereocenters. The normalized spacial score (nSPS) is 23.8. The molecule has 2 fully saturated rings. The number of nitrogens with one attached hydrogen (secondary N) is 2. The van der Waals surface area contributed by atoms with Gasteiger partial charge >= 0.3 is 5.97 Å². The van der Waals surface area contributed by atoms with Crippen LogP contribution in [0, 0.1) is 0 Å². The number of carbonyl (C=O) groups excluding carboxylic acids is 1. The van der Waals surface area contributed by atoms with E-state index in [0.29, 0.717) is 24.5 Å². The van der Waals surface area contributed by atoms with Crippen LogP contribution in [0.1, 0.15) is 38.9 Å². The van der Waals surface area contributed by atoms with Crippen LogP contribution >= 0.6 is 0 Å². The molecule has 16 heteroatoms. The number of benzene rings is 1. The number of imidazole rings is 1. The molecule has 2 aliphatic heterocycles. The average molecular weight is 581 g/mol. The molecule has 0 saturated carbocycles. The largest absolute Gasteiger partial charge is 0.478 e. The maximum Gasteiger partial charge on any atom is 0.335 e. The Labute approximate surface area is 237 Å². The van der Waals surface area contributed by atoms with Gasteiger partial charge in [0.2, 0.25) is 0 Å². The number of carboxylic acid groups (broad SMARTS) is 1. The molecule has 3 aromatic heterocycles. The summed E-state index contributed by atoms with van der Waals surface area (Å²) in [7, 11) is 0. The minimum absolute atomic E-state index is 0.0291. The predicted octanol–water partition coefficient (Wildman–Crippen LogP) is -0.547. The lowest BCUT2D eigenvalue weighted by Crippen LogP contribution is -2.33. The number of amides is 1. The summed E-state index contributed by atoms with van der Waals surface area (Å²) in [6.45, 7) is 0.758. The van der Waals surface area contributed by atoms with Gasteiger partial charge in [-0.1, -0.05) is 12.1 Å². The van der Waals surface area contributed by atoms with Gasteiger partial charge in [-0.3, -0.25) is 9.36 Å². The number of carboxylic acids is 1. The molecule has 0 bridgehead atoms. The van der Waals surface area contributed by atoms with Crippen molar-refractivity contribution in [2.75, 3.05) is 25.1 Å². The van der Waals surface area contributed by atoms with Gasteiger partial charge < -0.3 is 40.5 Å². The third-order valence-corrected chi connectivity index (χ3v) is 7.18. The van der Waals surface area contributed by atoms with Crippen LogP contribution in [0.15, 0.2) is 43.0 Å². The number of aliphatic hydroxyl groups is 3. The number of rotatable bonds is 9. The Balaban J connectivity index is 1.28. The van der Waals surface area contributed by atoms with Gasteiger partial charge in [-0.25, -0.2) is 14.5 Å². The molecule has 0 aliphatic carbocycles. The summed E-state index contributed by atoms with van der Waals surface area (Å²) < 4.78 is 13.9. The summed E-state index contributed by atoms with van der Waals surface area (Å²) in [5, 5.41) is 49.8. The molecule has 1 amide bonds. The maximum atomic E-state index is 12.8. The van der Waals surface area contributed by atoms with E-state index in [0.717, 1.165) is 12.0 Å². The zero-order chi connectivity index (χ0) is 29.4. The lowest BCUT2D eigenvalue weighted by Gasteiger charge is -2.17. The van der Waals surface area contributed by atoms with Crippen molar-refractivity contribution in [3.05, 3.63) is 59.7 Å². The van der Waals surface area contributed by atoms with Crippen LogP contribution in [0.3, 0.4) is 0 Å². The van der Waals surface area contributed by atoms with Crippen molar-refractivity contribution in [3.63, 3.8) is 0 Å². The van der Waals surface area contributed by atoms with E-state index in [2.05, 4.69) is 30.7 Å². The molecule has 220 valence electrons. The Morgan fingerprint density at radius 1 is 1.10 bits per heavy atom. The Morgan fingerprint density at radius 3 is 2.60 bits per heavy atom. The first-order chi connectivity index (χ1) is 20.3. The van der Waals surface area contributed by atoms with E-state index in [1.54, 1.807) is 12.1 Å². The molecule has 4 aromatic rings. The number of fused-ring (bicyclic) bond motifs is 1. The summed E-state index contributed by atoms with van der Waals surface area (Å²) in [6, 6.07) is 6.14. The van der Waals surface area contributed by atoms with E-state index in [4.69, 9.17) is 14.6 Å². The van der Waals surface area contributed by atoms with Gasteiger partial charge in [0.25, 0.3) is 11.9 Å². The number of hydrogen-bond donors (Lipinski definition) is 6. The summed E-state index contributed by atoms with van der Waals surface area (Å²) in [4.78, 5) is 37.5. The molecule has 16 nitrogen and oxygen atoms in total. The molecule has 0 radical (unpaired) electrons. The van der Waals surface area contributed by atoms with Crippen molar-refractivity contribution < 1.29 is 39.5 Å². The van der Waals surface area contributed by atoms with Gasteiger partial charge in [0, 0.05) is 19.3 Å². The molecule has 42 heavy (non-hydrogen) atoms. The molecule has 0 spiro atoms. The number of aromatic carboxylic acids is 1. The minimum Gasteiger partial charge on any atom is -0.478 e. The molecule has 2 saturated heterocycles. The number of carbonyl (C=O) groups is 2. The highest BCUT2D eigenvalue weighted by molar-refractivity contribution is 5.93. The van der Waals surface area contributed by atoms with Gasteiger partial charge in [0.15, 0.2) is 23.2 Å². The molecule has 5 heterocycles. The topological polar surface area (TPSA) is 219 Å². The van der Waals surface area contributed by atoms with Crippen LogP contribution < -0.4 is 10.6 Å². The first-order valence-electron chi connectivity index (χ1n) is 13.2. The highest BCUT2D eigenvalue weighted by Crippen LogP contribution is 2.33.